The lowest BCUT2D eigenvalue weighted by molar-refractivity contribution is -0.384. The predicted molar refractivity (Wildman–Crippen MR) is 159 cm³/mol. The van der Waals surface area contributed by atoms with Gasteiger partial charge in [-0.2, -0.15) is 0 Å². The Kier molecular flexibility index (Phi) is 7.26. The minimum absolute atomic E-state index is 0.0801. The van der Waals surface area contributed by atoms with E-state index in [1.54, 1.807) is 36.3 Å². The van der Waals surface area contributed by atoms with Crippen molar-refractivity contribution in [3.05, 3.63) is 143 Å². The van der Waals surface area contributed by atoms with Crippen molar-refractivity contribution < 1.29 is 4.92 Å². The lowest BCUT2D eigenvalue weighted by atomic mass is 10.0. The Morgan fingerprint density at radius 2 is 1.70 bits per heavy atom. The van der Waals surface area contributed by atoms with Crippen LogP contribution in [0.3, 0.4) is 0 Å². The van der Waals surface area contributed by atoms with Crippen LogP contribution in [-0.2, 0) is 6.54 Å². The van der Waals surface area contributed by atoms with E-state index in [1.165, 1.54) is 12.1 Å². The lowest BCUT2D eigenvalue weighted by Gasteiger charge is -2.29. The number of non-ortho nitro benzene ring substituents is 1. The molecular weight excluding hydrogens is 541 g/mol. The SMILES string of the molecule is O=[N+]([O-])c1ccc(Sc2ccc(N3C(=S)NC(c4ccccn4)C3c3cccn3Cc3cccnc3)cc2)cc1. The van der Waals surface area contributed by atoms with E-state index in [4.69, 9.17) is 12.2 Å². The quantitative estimate of drug-likeness (QED) is 0.129. The highest BCUT2D eigenvalue weighted by Gasteiger charge is 2.42. The maximum atomic E-state index is 11.0. The molecule has 1 fully saturated rings. The van der Waals surface area contributed by atoms with Crippen molar-refractivity contribution in [2.75, 3.05) is 4.90 Å². The summed E-state index contributed by atoms with van der Waals surface area (Å²) in [6, 6.07) is 28.6. The molecule has 1 aliphatic heterocycles. The van der Waals surface area contributed by atoms with E-state index in [-0.39, 0.29) is 17.8 Å². The Hall–Kier alpha value is -4.54. The molecule has 2 atom stereocenters. The van der Waals surface area contributed by atoms with E-state index in [1.807, 2.05) is 42.6 Å². The van der Waals surface area contributed by atoms with Gasteiger partial charge in [0.05, 0.1) is 16.7 Å². The first-order valence-electron chi connectivity index (χ1n) is 12.6. The third-order valence-electron chi connectivity index (χ3n) is 6.74. The zero-order valence-corrected chi connectivity index (χ0v) is 22.8. The predicted octanol–water partition coefficient (Wildman–Crippen LogP) is 6.56. The molecule has 0 saturated carbocycles. The summed E-state index contributed by atoms with van der Waals surface area (Å²) in [4.78, 5) is 23.6. The molecule has 0 radical (unpaired) electrons. The van der Waals surface area contributed by atoms with Crippen molar-refractivity contribution in [3.63, 3.8) is 0 Å². The van der Waals surface area contributed by atoms with Crippen LogP contribution >= 0.6 is 24.0 Å². The molecule has 40 heavy (non-hydrogen) atoms. The molecule has 1 saturated heterocycles. The van der Waals surface area contributed by atoms with E-state index in [2.05, 4.69) is 61.3 Å². The summed E-state index contributed by atoms with van der Waals surface area (Å²) in [6.07, 6.45) is 7.55. The number of nitrogens with one attached hydrogen (secondary N) is 1. The van der Waals surface area contributed by atoms with E-state index in [0.29, 0.717) is 11.7 Å². The summed E-state index contributed by atoms with van der Waals surface area (Å²) in [6.45, 7) is 0.688. The summed E-state index contributed by atoms with van der Waals surface area (Å²) in [5.74, 6) is 0. The van der Waals surface area contributed by atoms with Gasteiger partial charge in [-0.15, -0.1) is 0 Å². The van der Waals surface area contributed by atoms with Gasteiger partial charge >= 0.3 is 0 Å². The third kappa shape index (κ3) is 5.31. The number of nitro groups is 1. The zero-order valence-electron chi connectivity index (χ0n) is 21.2. The fraction of sp³-hybridized carbons (Fsp3) is 0.100. The molecule has 5 aromatic rings. The number of nitrogens with zero attached hydrogens (tertiary/aromatic N) is 5. The molecule has 6 rings (SSSR count). The number of thiocarbonyl (C=S) groups is 1. The standard InChI is InChI=1S/C30H24N6O2S2/c37-36(38)23-10-14-25(15-11-23)40-24-12-8-22(9-13-24)35-29(28(33-30(35)39)26-6-1-2-17-32-26)27-7-4-18-34(27)20-21-5-3-16-31-19-21/h1-19,28-29H,20H2,(H,33,39). The number of pyridine rings is 2. The average Bonchev–Trinajstić information content (AvgIpc) is 3.58. The monoisotopic (exact) mass is 564 g/mol. The molecule has 2 aromatic carbocycles. The molecule has 3 aromatic heterocycles. The van der Waals surface area contributed by atoms with Crippen LogP contribution in [0.1, 0.15) is 29.0 Å². The van der Waals surface area contributed by atoms with Crippen LogP contribution < -0.4 is 10.2 Å². The molecule has 0 spiro atoms. The third-order valence-corrected chi connectivity index (χ3v) is 8.07. The summed E-state index contributed by atoms with van der Waals surface area (Å²) in [5.41, 5.74) is 4.18. The van der Waals surface area contributed by atoms with Crippen molar-refractivity contribution in [2.45, 2.75) is 28.4 Å². The summed E-state index contributed by atoms with van der Waals surface area (Å²) in [7, 11) is 0. The van der Waals surface area contributed by atoms with E-state index >= 15 is 0 Å². The molecule has 0 amide bonds. The van der Waals surface area contributed by atoms with Crippen molar-refractivity contribution in [1.82, 2.24) is 19.9 Å². The molecule has 1 N–H and O–H groups in total. The molecule has 0 bridgehead atoms. The van der Waals surface area contributed by atoms with Crippen LogP contribution in [0.4, 0.5) is 11.4 Å². The topological polar surface area (TPSA) is 89.1 Å². The first-order chi connectivity index (χ1) is 19.6. The molecule has 4 heterocycles. The first kappa shape index (κ1) is 25.7. The van der Waals surface area contributed by atoms with Crippen molar-refractivity contribution >= 4 is 40.5 Å². The highest BCUT2D eigenvalue weighted by Crippen LogP contribution is 2.42. The summed E-state index contributed by atoms with van der Waals surface area (Å²) >= 11 is 7.45. The Labute approximate surface area is 240 Å². The lowest BCUT2D eigenvalue weighted by Crippen LogP contribution is -2.30. The molecular formula is C30H24N6O2S2. The molecule has 198 valence electrons. The van der Waals surface area contributed by atoms with Crippen molar-refractivity contribution in [1.29, 1.82) is 0 Å². The Morgan fingerprint density at radius 3 is 2.38 bits per heavy atom. The van der Waals surface area contributed by atoms with Gasteiger partial charge in [0, 0.05) is 64.6 Å². The number of rotatable bonds is 8. The number of aromatic nitrogens is 3. The number of anilines is 1. The van der Waals surface area contributed by atoms with Gasteiger partial charge in [-0.25, -0.2) is 0 Å². The maximum Gasteiger partial charge on any atom is 0.269 e. The molecule has 10 heteroatoms. The van der Waals surface area contributed by atoms with Crippen LogP contribution in [-0.4, -0.2) is 24.6 Å². The normalized spacial score (nSPS) is 16.6. The Balaban J connectivity index is 1.32. The number of hydrogen-bond donors (Lipinski definition) is 1. The molecule has 1 aliphatic rings. The largest absolute Gasteiger partial charge is 0.351 e. The van der Waals surface area contributed by atoms with Gasteiger partial charge in [0.2, 0.25) is 0 Å². The van der Waals surface area contributed by atoms with Crippen LogP contribution in [0, 0.1) is 10.1 Å². The second kappa shape index (κ2) is 11.3. The second-order valence-corrected chi connectivity index (χ2v) is 10.8. The van der Waals surface area contributed by atoms with Crippen molar-refractivity contribution in [3.8, 4) is 0 Å². The Morgan fingerprint density at radius 1 is 0.925 bits per heavy atom. The van der Waals surface area contributed by atoms with Crippen LogP contribution in [0.5, 0.6) is 0 Å². The van der Waals surface area contributed by atoms with Gasteiger partial charge < -0.3 is 14.8 Å². The summed E-state index contributed by atoms with van der Waals surface area (Å²) in [5, 5.41) is 15.1. The Bertz CT molecular complexity index is 1630. The van der Waals surface area contributed by atoms with Gasteiger partial charge in [0.15, 0.2) is 5.11 Å². The maximum absolute atomic E-state index is 11.0. The average molecular weight is 565 g/mol. The number of nitro benzene ring substituents is 1. The van der Waals surface area contributed by atoms with Gasteiger partial charge in [-0.3, -0.25) is 20.1 Å². The smallest absolute Gasteiger partial charge is 0.269 e. The molecule has 0 aliphatic carbocycles. The van der Waals surface area contributed by atoms with Crippen molar-refractivity contribution in [2.24, 2.45) is 0 Å². The second-order valence-electron chi connectivity index (χ2n) is 9.27. The van der Waals surface area contributed by atoms with Crippen LogP contribution in [0.15, 0.2) is 126 Å². The van der Waals surface area contributed by atoms with E-state index in [9.17, 15) is 10.1 Å². The fourth-order valence-electron chi connectivity index (χ4n) is 4.91. The van der Waals surface area contributed by atoms with E-state index < -0.39 is 4.92 Å². The van der Waals surface area contributed by atoms with Gasteiger partial charge in [0.25, 0.3) is 5.69 Å². The minimum Gasteiger partial charge on any atom is -0.351 e. The highest BCUT2D eigenvalue weighted by molar-refractivity contribution is 7.99. The number of benzene rings is 2. The van der Waals surface area contributed by atoms with E-state index in [0.717, 1.165) is 32.4 Å². The van der Waals surface area contributed by atoms with Gasteiger partial charge in [-0.05, 0) is 84.5 Å². The first-order valence-corrected chi connectivity index (χ1v) is 13.9. The summed E-state index contributed by atoms with van der Waals surface area (Å²) < 4.78 is 2.24. The van der Waals surface area contributed by atoms with Gasteiger partial charge in [-0.1, -0.05) is 23.9 Å². The highest BCUT2D eigenvalue weighted by atomic mass is 32.2. The minimum atomic E-state index is -0.391. The molecule has 8 nitrogen and oxygen atoms in total. The number of hydrogen-bond acceptors (Lipinski definition) is 6. The fourth-order valence-corrected chi connectivity index (χ4v) is 6.07. The van der Waals surface area contributed by atoms with Crippen LogP contribution in [0.2, 0.25) is 0 Å². The molecule has 2 unspecified atom stereocenters. The van der Waals surface area contributed by atoms with Gasteiger partial charge in [0.1, 0.15) is 6.04 Å². The van der Waals surface area contributed by atoms with Crippen LogP contribution in [0.25, 0.3) is 0 Å². The zero-order chi connectivity index (χ0) is 27.5.